The standard InChI is InChI=1S/C14H18N4O2S/c1-9(2)18-13(16-8-17-18)7-20-12-5-10(14(15)21)4-11(6-12)19-3/h4-6,8-9H,7H2,1-3H3,(H2,15,21). The van der Waals surface area contributed by atoms with E-state index in [1.165, 1.54) is 6.33 Å². The molecule has 0 aliphatic heterocycles. The molecule has 0 spiro atoms. The van der Waals surface area contributed by atoms with Crippen LogP contribution in [0.2, 0.25) is 0 Å². The number of thiocarbonyl (C=S) groups is 1. The third kappa shape index (κ3) is 3.69. The van der Waals surface area contributed by atoms with E-state index in [9.17, 15) is 0 Å². The highest BCUT2D eigenvalue weighted by molar-refractivity contribution is 7.80. The first-order valence-corrected chi connectivity index (χ1v) is 6.92. The molecule has 0 amide bonds. The van der Waals surface area contributed by atoms with E-state index in [4.69, 9.17) is 27.4 Å². The van der Waals surface area contributed by atoms with Crippen LogP contribution in [-0.4, -0.2) is 26.9 Å². The number of methoxy groups -OCH3 is 1. The second kappa shape index (κ2) is 6.53. The van der Waals surface area contributed by atoms with Crippen LogP contribution in [0.15, 0.2) is 24.5 Å². The van der Waals surface area contributed by atoms with Gasteiger partial charge in [0, 0.05) is 17.7 Å². The molecule has 1 aromatic carbocycles. The van der Waals surface area contributed by atoms with Crippen LogP contribution >= 0.6 is 12.2 Å². The van der Waals surface area contributed by atoms with Gasteiger partial charge in [0.2, 0.25) is 0 Å². The average Bonchev–Trinajstić information content (AvgIpc) is 2.93. The van der Waals surface area contributed by atoms with E-state index in [-0.39, 0.29) is 6.04 Å². The van der Waals surface area contributed by atoms with E-state index in [1.54, 1.807) is 25.3 Å². The molecule has 21 heavy (non-hydrogen) atoms. The fourth-order valence-corrected chi connectivity index (χ4v) is 1.99. The zero-order valence-electron chi connectivity index (χ0n) is 12.2. The second-order valence-electron chi connectivity index (χ2n) is 4.76. The Morgan fingerprint density at radius 2 is 2.05 bits per heavy atom. The maximum absolute atomic E-state index is 5.76. The normalized spacial score (nSPS) is 10.7. The number of rotatable bonds is 6. The zero-order chi connectivity index (χ0) is 15.4. The van der Waals surface area contributed by atoms with E-state index in [0.29, 0.717) is 28.7 Å². The van der Waals surface area contributed by atoms with Crippen LogP contribution in [0.3, 0.4) is 0 Å². The van der Waals surface area contributed by atoms with Gasteiger partial charge in [-0.25, -0.2) is 9.67 Å². The average molecular weight is 306 g/mol. The summed E-state index contributed by atoms with van der Waals surface area (Å²) in [7, 11) is 1.58. The molecule has 0 radical (unpaired) electrons. The van der Waals surface area contributed by atoms with Gasteiger partial charge in [-0.3, -0.25) is 0 Å². The molecule has 2 aromatic rings. The Hall–Kier alpha value is -2.15. The van der Waals surface area contributed by atoms with Crippen LogP contribution in [0.5, 0.6) is 11.5 Å². The minimum absolute atomic E-state index is 0.226. The molecule has 0 saturated carbocycles. The van der Waals surface area contributed by atoms with Crippen LogP contribution in [-0.2, 0) is 6.61 Å². The van der Waals surface area contributed by atoms with Crippen molar-refractivity contribution in [2.24, 2.45) is 5.73 Å². The van der Waals surface area contributed by atoms with Gasteiger partial charge in [0.1, 0.15) is 29.4 Å². The highest BCUT2D eigenvalue weighted by Crippen LogP contribution is 2.23. The Balaban J connectivity index is 2.17. The molecular formula is C14H18N4O2S. The minimum atomic E-state index is 0.226. The van der Waals surface area contributed by atoms with Crippen molar-refractivity contribution in [1.29, 1.82) is 0 Å². The molecule has 0 fully saturated rings. The second-order valence-corrected chi connectivity index (χ2v) is 5.20. The Morgan fingerprint density at radius 1 is 1.33 bits per heavy atom. The predicted octanol–water partition coefficient (Wildman–Crippen LogP) is 2.08. The number of aromatic nitrogens is 3. The van der Waals surface area contributed by atoms with E-state index in [0.717, 1.165) is 5.82 Å². The van der Waals surface area contributed by atoms with E-state index in [2.05, 4.69) is 10.1 Å². The van der Waals surface area contributed by atoms with Gasteiger partial charge in [0.15, 0.2) is 5.82 Å². The van der Waals surface area contributed by atoms with Crippen molar-refractivity contribution in [1.82, 2.24) is 14.8 Å². The van der Waals surface area contributed by atoms with Crippen molar-refractivity contribution in [3.8, 4) is 11.5 Å². The van der Waals surface area contributed by atoms with Gasteiger partial charge >= 0.3 is 0 Å². The zero-order valence-corrected chi connectivity index (χ0v) is 13.1. The molecule has 6 nitrogen and oxygen atoms in total. The highest BCUT2D eigenvalue weighted by atomic mass is 32.1. The summed E-state index contributed by atoms with van der Waals surface area (Å²) in [4.78, 5) is 4.49. The van der Waals surface area contributed by atoms with Crippen LogP contribution in [0.4, 0.5) is 0 Å². The fourth-order valence-electron chi connectivity index (χ4n) is 1.87. The molecule has 1 aromatic heterocycles. The predicted molar refractivity (Wildman–Crippen MR) is 83.6 cm³/mol. The molecule has 112 valence electrons. The lowest BCUT2D eigenvalue weighted by Crippen LogP contribution is -2.12. The maximum atomic E-state index is 5.76. The van der Waals surface area contributed by atoms with Crippen LogP contribution in [0, 0.1) is 0 Å². The molecule has 1 heterocycles. The van der Waals surface area contributed by atoms with Crippen molar-refractivity contribution in [2.45, 2.75) is 26.5 Å². The third-order valence-electron chi connectivity index (χ3n) is 2.90. The van der Waals surface area contributed by atoms with Gasteiger partial charge < -0.3 is 15.2 Å². The smallest absolute Gasteiger partial charge is 0.165 e. The van der Waals surface area contributed by atoms with Crippen LogP contribution < -0.4 is 15.2 Å². The van der Waals surface area contributed by atoms with Gasteiger partial charge in [-0.15, -0.1) is 0 Å². The number of nitrogens with zero attached hydrogens (tertiary/aromatic N) is 3. The number of nitrogens with two attached hydrogens (primary N) is 1. The van der Waals surface area contributed by atoms with Gasteiger partial charge in [-0.05, 0) is 26.0 Å². The van der Waals surface area contributed by atoms with Gasteiger partial charge in [-0.1, -0.05) is 12.2 Å². The lowest BCUT2D eigenvalue weighted by atomic mass is 10.2. The number of hydrogen-bond donors (Lipinski definition) is 1. The number of benzene rings is 1. The summed E-state index contributed by atoms with van der Waals surface area (Å²) in [5, 5.41) is 4.17. The summed E-state index contributed by atoms with van der Waals surface area (Å²) in [5.74, 6) is 2.01. The number of hydrogen-bond acceptors (Lipinski definition) is 5. The molecule has 0 saturated heterocycles. The van der Waals surface area contributed by atoms with Crippen molar-refractivity contribution < 1.29 is 9.47 Å². The largest absolute Gasteiger partial charge is 0.497 e. The third-order valence-corrected chi connectivity index (χ3v) is 3.14. The molecule has 0 unspecified atom stereocenters. The molecular weight excluding hydrogens is 288 g/mol. The Morgan fingerprint density at radius 3 is 2.67 bits per heavy atom. The maximum Gasteiger partial charge on any atom is 0.165 e. The molecule has 2 N–H and O–H groups in total. The quantitative estimate of drug-likeness (QED) is 0.824. The van der Waals surface area contributed by atoms with E-state index in [1.807, 2.05) is 18.5 Å². The van der Waals surface area contributed by atoms with Crippen molar-refractivity contribution in [3.63, 3.8) is 0 Å². The topological polar surface area (TPSA) is 75.2 Å². The van der Waals surface area contributed by atoms with Gasteiger partial charge in [0.05, 0.1) is 7.11 Å². The summed E-state index contributed by atoms with van der Waals surface area (Å²) in [6.07, 6.45) is 1.52. The summed E-state index contributed by atoms with van der Waals surface area (Å²) >= 11 is 4.99. The molecule has 0 atom stereocenters. The minimum Gasteiger partial charge on any atom is -0.497 e. The van der Waals surface area contributed by atoms with Gasteiger partial charge in [0.25, 0.3) is 0 Å². The molecule has 0 aliphatic carbocycles. The monoisotopic (exact) mass is 306 g/mol. The first-order chi connectivity index (χ1) is 10.0. The van der Waals surface area contributed by atoms with Crippen LogP contribution in [0.25, 0.3) is 0 Å². The summed E-state index contributed by atoms with van der Waals surface area (Å²) in [6, 6.07) is 5.55. The first-order valence-electron chi connectivity index (χ1n) is 6.51. The first kappa shape index (κ1) is 15.2. The van der Waals surface area contributed by atoms with Crippen molar-refractivity contribution >= 4 is 17.2 Å². The fraction of sp³-hybridized carbons (Fsp3) is 0.357. The summed E-state index contributed by atoms with van der Waals surface area (Å²) < 4.78 is 12.8. The summed E-state index contributed by atoms with van der Waals surface area (Å²) in [5.41, 5.74) is 6.35. The summed E-state index contributed by atoms with van der Waals surface area (Å²) in [6.45, 7) is 4.38. The Bertz CT molecular complexity index is 640. The molecule has 0 aliphatic rings. The molecule has 0 bridgehead atoms. The lowest BCUT2D eigenvalue weighted by molar-refractivity contribution is 0.280. The van der Waals surface area contributed by atoms with E-state index < -0.39 is 0 Å². The molecule has 2 rings (SSSR count). The highest BCUT2D eigenvalue weighted by Gasteiger charge is 2.10. The van der Waals surface area contributed by atoms with Crippen LogP contribution in [0.1, 0.15) is 31.3 Å². The van der Waals surface area contributed by atoms with E-state index >= 15 is 0 Å². The van der Waals surface area contributed by atoms with Crippen molar-refractivity contribution in [2.75, 3.05) is 7.11 Å². The molecule has 7 heteroatoms. The Kier molecular flexibility index (Phi) is 4.74. The SMILES string of the molecule is COc1cc(OCc2ncnn2C(C)C)cc(C(N)=S)c1. The lowest BCUT2D eigenvalue weighted by Gasteiger charge is -2.12. The van der Waals surface area contributed by atoms with Crippen molar-refractivity contribution in [3.05, 3.63) is 35.9 Å². The van der Waals surface area contributed by atoms with Gasteiger partial charge in [-0.2, -0.15) is 5.10 Å². The number of ether oxygens (including phenoxy) is 2. The Labute approximate surface area is 128 Å².